The summed E-state index contributed by atoms with van der Waals surface area (Å²) in [6, 6.07) is 1.47. The molecule has 0 unspecified atom stereocenters. The molecule has 2 nitrogen and oxygen atoms in total. The third kappa shape index (κ3) is 2.72. The van der Waals surface area contributed by atoms with Crippen LogP contribution in [0.2, 0.25) is 5.15 Å². The number of hydrogen-bond acceptors (Lipinski definition) is 2. The topological polar surface area (TPSA) is 30.0 Å². The van der Waals surface area contributed by atoms with E-state index in [-0.39, 0.29) is 11.6 Å². The van der Waals surface area contributed by atoms with E-state index in [0.29, 0.717) is 10.0 Å². The number of ketones is 1. The predicted octanol–water partition coefficient (Wildman–Crippen LogP) is 2.87. The van der Waals surface area contributed by atoms with E-state index < -0.39 is 12.2 Å². The second-order valence-corrected chi connectivity index (χ2v) is 3.67. The lowest BCUT2D eigenvalue weighted by Crippen LogP contribution is -2.13. The van der Waals surface area contributed by atoms with Crippen LogP contribution >= 0.6 is 27.5 Å². The molecule has 0 bridgehead atoms. The summed E-state index contributed by atoms with van der Waals surface area (Å²) in [5, 5.41) is 0.157. The van der Waals surface area contributed by atoms with Gasteiger partial charge in [0.25, 0.3) is 6.43 Å². The van der Waals surface area contributed by atoms with Gasteiger partial charge in [-0.25, -0.2) is 13.8 Å². The first-order valence-corrected chi connectivity index (χ1v) is 4.79. The van der Waals surface area contributed by atoms with Gasteiger partial charge in [0.15, 0.2) is 0 Å². The Bertz CT molecular complexity index is 359. The molecular weight excluding hydrogens is 279 g/mol. The molecule has 76 valence electrons. The summed E-state index contributed by atoms with van der Waals surface area (Å²) in [7, 11) is 0. The summed E-state index contributed by atoms with van der Waals surface area (Å²) in [4.78, 5) is 14.5. The minimum atomic E-state index is -2.95. The molecule has 1 heterocycles. The average Bonchev–Trinajstić information content (AvgIpc) is 2.12. The number of halogens is 4. The van der Waals surface area contributed by atoms with Crippen LogP contribution in [0.25, 0.3) is 0 Å². The van der Waals surface area contributed by atoms with Crippen molar-refractivity contribution in [1.29, 1.82) is 0 Å². The van der Waals surface area contributed by atoms with Gasteiger partial charge in [-0.2, -0.15) is 0 Å². The first-order valence-electron chi connectivity index (χ1n) is 3.62. The fourth-order valence-corrected chi connectivity index (χ4v) is 1.41. The molecule has 0 spiro atoms. The van der Waals surface area contributed by atoms with E-state index in [4.69, 9.17) is 11.6 Å². The van der Waals surface area contributed by atoms with Crippen molar-refractivity contribution in [3.8, 4) is 0 Å². The number of carbonyl (C=O) groups is 1. The highest BCUT2D eigenvalue weighted by Gasteiger charge is 2.17. The zero-order valence-electron chi connectivity index (χ0n) is 6.81. The highest BCUT2D eigenvalue weighted by atomic mass is 79.9. The molecule has 0 fully saturated rings. The molecule has 0 aromatic carbocycles. The van der Waals surface area contributed by atoms with Crippen LogP contribution < -0.4 is 0 Å². The van der Waals surface area contributed by atoms with E-state index in [1.54, 1.807) is 0 Å². The van der Waals surface area contributed by atoms with Gasteiger partial charge in [-0.15, -0.1) is 0 Å². The standard InChI is InChI=1S/C8H5BrClF2NO/c9-6-4(1-2-13-7(6)10)3-5(14)8(11)12/h1-2,8H,3H2. The Balaban J connectivity index is 2.87. The number of Topliss-reactive ketones (excluding diaryl/α,β-unsaturated/α-hetero) is 1. The molecule has 1 aromatic rings. The van der Waals surface area contributed by atoms with E-state index in [2.05, 4.69) is 20.9 Å². The Morgan fingerprint density at radius 1 is 1.64 bits per heavy atom. The van der Waals surface area contributed by atoms with Crippen molar-refractivity contribution in [2.75, 3.05) is 0 Å². The van der Waals surface area contributed by atoms with Crippen molar-refractivity contribution in [2.24, 2.45) is 0 Å². The van der Waals surface area contributed by atoms with Crippen molar-refractivity contribution < 1.29 is 13.6 Å². The average molecular weight is 284 g/mol. The quantitative estimate of drug-likeness (QED) is 0.799. The summed E-state index contributed by atoms with van der Waals surface area (Å²) < 4.78 is 24.3. The molecule has 0 N–H and O–H groups in total. The van der Waals surface area contributed by atoms with Gasteiger partial charge in [0.2, 0.25) is 5.78 Å². The molecule has 6 heteroatoms. The van der Waals surface area contributed by atoms with Crippen molar-refractivity contribution >= 4 is 33.3 Å². The molecular formula is C8H5BrClF2NO. The lowest BCUT2D eigenvalue weighted by Gasteiger charge is -2.03. The van der Waals surface area contributed by atoms with E-state index >= 15 is 0 Å². The molecule has 0 aliphatic heterocycles. The Morgan fingerprint density at radius 2 is 2.29 bits per heavy atom. The Labute approximate surface area is 92.4 Å². The zero-order chi connectivity index (χ0) is 10.7. The van der Waals surface area contributed by atoms with Crippen molar-refractivity contribution in [1.82, 2.24) is 4.98 Å². The maximum absolute atomic E-state index is 11.9. The Hall–Kier alpha value is -0.550. The largest absolute Gasteiger partial charge is 0.296 e. The predicted molar refractivity (Wildman–Crippen MR) is 51.7 cm³/mol. The fraction of sp³-hybridized carbons (Fsp3) is 0.250. The van der Waals surface area contributed by atoms with Crippen LogP contribution in [0, 0.1) is 0 Å². The third-order valence-electron chi connectivity index (χ3n) is 1.53. The summed E-state index contributed by atoms with van der Waals surface area (Å²) >= 11 is 8.69. The monoisotopic (exact) mass is 283 g/mol. The second kappa shape index (κ2) is 4.79. The maximum atomic E-state index is 11.9. The normalized spacial score (nSPS) is 10.6. The lowest BCUT2D eigenvalue weighted by molar-refractivity contribution is -0.128. The van der Waals surface area contributed by atoms with Gasteiger partial charge in [-0.1, -0.05) is 11.6 Å². The minimum absolute atomic E-state index is 0.157. The van der Waals surface area contributed by atoms with Gasteiger partial charge in [0, 0.05) is 12.6 Å². The molecule has 0 atom stereocenters. The summed E-state index contributed by atoms with van der Waals surface area (Å²) in [6.45, 7) is 0. The molecule has 0 amide bonds. The van der Waals surface area contributed by atoms with Crippen LogP contribution in [0.1, 0.15) is 5.56 Å². The smallest absolute Gasteiger partial charge is 0.293 e. The molecule has 0 aliphatic carbocycles. The highest BCUT2D eigenvalue weighted by molar-refractivity contribution is 9.10. The van der Waals surface area contributed by atoms with E-state index in [9.17, 15) is 13.6 Å². The number of alkyl halides is 2. The highest BCUT2D eigenvalue weighted by Crippen LogP contribution is 2.24. The number of hydrogen-bond donors (Lipinski definition) is 0. The van der Waals surface area contributed by atoms with Gasteiger partial charge in [0.1, 0.15) is 5.15 Å². The van der Waals surface area contributed by atoms with Gasteiger partial charge in [-0.05, 0) is 27.6 Å². The number of nitrogens with zero attached hydrogens (tertiary/aromatic N) is 1. The minimum Gasteiger partial charge on any atom is -0.293 e. The third-order valence-corrected chi connectivity index (χ3v) is 2.93. The van der Waals surface area contributed by atoms with Gasteiger partial charge in [-0.3, -0.25) is 4.79 Å². The molecule has 1 aromatic heterocycles. The molecule has 14 heavy (non-hydrogen) atoms. The van der Waals surface area contributed by atoms with Gasteiger partial charge in [0.05, 0.1) is 4.47 Å². The molecule has 0 saturated heterocycles. The number of aromatic nitrogens is 1. The Morgan fingerprint density at radius 3 is 2.86 bits per heavy atom. The molecule has 0 saturated carbocycles. The fourth-order valence-electron chi connectivity index (χ4n) is 0.856. The molecule has 0 aliphatic rings. The van der Waals surface area contributed by atoms with Crippen LogP contribution in [0.5, 0.6) is 0 Å². The molecule has 1 rings (SSSR count). The zero-order valence-corrected chi connectivity index (χ0v) is 9.15. The number of pyridine rings is 1. The first-order chi connectivity index (χ1) is 6.52. The van der Waals surface area contributed by atoms with Gasteiger partial charge >= 0.3 is 0 Å². The second-order valence-electron chi connectivity index (χ2n) is 2.52. The van der Waals surface area contributed by atoms with Crippen molar-refractivity contribution in [3.63, 3.8) is 0 Å². The van der Waals surface area contributed by atoms with Crippen LogP contribution in [0.3, 0.4) is 0 Å². The SMILES string of the molecule is O=C(Cc1ccnc(Cl)c1Br)C(F)F. The van der Waals surface area contributed by atoms with Crippen LogP contribution in [-0.2, 0) is 11.2 Å². The Kier molecular flexibility index (Phi) is 3.95. The molecule has 0 radical (unpaired) electrons. The van der Waals surface area contributed by atoms with E-state index in [0.717, 1.165) is 0 Å². The van der Waals surface area contributed by atoms with E-state index in [1.807, 2.05) is 0 Å². The van der Waals surface area contributed by atoms with E-state index in [1.165, 1.54) is 12.3 Å². The number of carbonyl (C=O) groups excluding carboxylic acids is 1. The maximum Gasteiger partial charge on any atom is 0.296 e. The van der Waals surface area contributed by atoms with Crippen LogP contribution in [-0.4, -0.2) is 17.2 Å². The van der Waals surface area contributed by atoms with Crippen molar-refractivity contribution in [3.05, 3.63) is 27.5 Å². The summed E-state index contributed by atoms with van der Waals surface area (Å²) in [6.07, 6.45) is -1.93. The summed E-state index contributed by atoms with van der Waals surface area (Å²) in [5.41, 5.74) is 0.412. The summed E-state index contributed by atoms with van der Waals surface area (Å²) in [5.74, 6) is -1.13. The number of rotatable bonds is 3. The van der Waals surface area contributed by atoms with Gasteiger partial charge < -0.3 is 0 Å². The first kappa shape index (κ1) is 11.5. The van der Waals surface area contributed by atoms with Crippen LogP contribution in [0.15, 0.2) is 16.7 Å². The van der Waals surface area contributed by atoms with Crippen molar-refractivity contribution in [2.45, 2.75) is 12.8 Å². The lowest BCUT2D eigenvalue weighted by atomic mass is 10.1. The van der Waals surface area contributed by atoms with Crippen LogP contribution in [0.4, 0.5) is 8.78 Å².